The van der Waals surface area contributed by atoms with Crippen molar-refractivity contribution in [3.05, 3.63) is 91.6 Å². The maximum absolute atomic E-state index is 5.81. The molecule has 0 unspecified atom stereocenters. The molecule has 0 aliphatic heterocycles. The first kappa shape index (κ1) is 14.1. The minimum atomic E-state index is -0.113. The van der Waals surface area contributed by atoms with Gasteiger partial charge in [0.2, 0.25) is 0 Å². The Balaban J connectivity index is 1.68. The fourth-order valence-electron chi connectivity index (χ4n) is 1.91. The molecule has 0 saturated carbocycles. The molecule has 0 bridgehead atoms. The van der Waals surface area contributed by atoms with Gasteiger partial charge in [-0.25, -0.2) is 0 Å². The standard InChI is InChI=1S/C19H16IO/c1-15-7-9-16(10-8-15)20-17-11-13-19(14-12-17)21-18-5-3-2-4-6-18/h2-14H,1H3/q-1. The van der Waals surface area contributed by atoms with Crippen molar-refractivity contribution in [3.63, 3.8) is 0 Å². The number of halogens is 1. The molecule has 0 amide bonds. The maximum atomic E-state index is 5.81. The molecule has 3 aromatic carbocycles. The SMILES string of the molecule is Cc1ccc([I-]c2ccc(Oc3ccccc3)cc2)cc1. The van der Waals surface area contributed by atoms with Gasteiger partial charge in [-0.2, -0.15) is 0 Å². The van der Waals surface area contributed by atoms with Gasteiger partial charge in [0.1, 0.15) is 0 Å². The predicted molar refractivity (Wildman–Crippen MR) is 81.5 cm³/mol. The molecule has 0 aliphatic rings. The summed E-state index contributed by atoms with van der Waals surface area (Å²) in [6.45, 7) is 2.12. The summed E-state index contributed by atoms with van der Waals surface area (Å²) in [6.07, 6.45) is 0. The van der Waals surface area contributed by atoms with Crippen LogP contribution < -0.4 is 25.9 Å². The molecule has 0 atom stereocenters. The van der Waals surface area contributed by atoms with Crippen LogP contribution in [0.5, 0.6) is 11.5 Å². The minimum absolute atomic E-state index is 0.113. The van der Waals surface area contributed by atoms with Crippen LogP contribution in [0.1, 0.15) is 5.56 Å². The van der Waals surface area contributed by atoms with Crippen LogP contribution in [0.2, 0.25) is 0 Å². The van der Waals surface area contributed by atoms with E-state index in [2.05, 4.69) is 55.5 Å². The Morgan fingerprint density at radius 3 is 1.76 bits per heavy atom. The van der Waals surface area contributed by atoms with Crippen molar-refractivity contribution in [1.29, 1.82) is 0 Å². The quantitative estimate of drug-likeness (QED) is 0.622. The summed E-state index contributed by atoms with van der Waals surface area (Å²) in [4.78, 5) is 0. The Bertz CT molecular complexity index is 688. The Labute approximate surface area is 135 Å². The molecule has 0 radical (unpaired) electrons. The molecule has 3 rings (SSSR count). The molecule has 1 nitrogen and oxygen atoms in total. The van der Waals surface area contributed by atoms with E-state index in [4.69, 9.17) is 4.74 Å². The van der Waals surface area contributed by atoms with Gasteiger partial charge in [-0.15, -0.1) is 0 Å². The summed E-state index contributed by atoms with van der Waals surface area (Å²) in [5.74, 6) is 1.76. The molecule has 0 spiro atoms. The number of hydrogen-bond acceptors (Lipinski definition) is 1. The topological polar surface area (TPSA) is 9.23 Å². The van der Waals surface area contributed by atoms with Gasteiger partial charge in [-0.1, -0.05) is 0 Å². The van der Waals surface area contributed by atoms with Gasteiger partial charge in [0.25, 0.3) is 0 Å². The van der Waals surface area contributed by atoms with Gasteiger partial charge in [0.15, 0.2) is 0 Å². The Morgan fingerprint density at radius 1 is 0.619 bits per heavy atom. The van der Waals surface area contributed by atoms with Gasteiger partial charge in [-0.3, -0.25) is 0 Å². The average Bonchev–Trinajstić information content (AvgIpc) is 2.53. The predicted octanol–water partition coefficient (Wildman–Crippen LogP) is 1.92. The van der Waals surface area contributed by atoms with Crippen molar-refractivity contribution in [1.82, 2.24) is 0 Å². The van der Waals surface area contributed by atoms with E-state index in [0.29, 0.717) is 0 Å². The zero-order valence-corrected chi connectivity index (χ0v) is 13.9. The second-order valence-electron chi connectivity index (χ2n) is 4.76. The molecule has 0 saturated heterocycles. The van der Waals surface area contributed by atoms with Crippen LogP contribution in [0.15, 0.2) is 78.9 Å². The van der Waals surface area contributed by atoms with E-state index in [0.717, 1.165) is 11.5 Å². The van der Waals surface area contributed by atoms with Crippen molar-refractivity contribution in [2.75, 3.05) is 0 Å². The van der Waals surface area contributed by atoms with Crippen LogP contribution in [0.25, 0.3) is 0 Å². The average molecular weight is 387 g/mol. The Hall–Kier alpha value is -1.81. The fourth-order valence-corrected chi connectivity index (χ4v) is 4.07. The summed E-state index contributed by atoms with van der Waals surface area (Å²) in [5.41, 5.74) is 1.31. The molecule has 0 fully saturated rings. The number of hydrogen-bond donors (Lipinski definition) is 0. The molecule has 3 aromatic rings. The van der Waals surface area contributed by atoms with Crippen molar-refractivity contribution >= 4 is 0 Å². The zero-order chi connectivity index (χ0) is 14.5. The number of rotatable bonds is 4. The van der Waals surface area contributed by atoms with E-state index in [-0.39, 0.29) is 21.2 Å². The number of benzene rings is 3. The molecule has 21 heavy (non-hydrogen) atoms. The molecular formula is C19H16IO-. The van der Waals surface area contributed by atoms with E-state index in [9.17, 15) is 0 Å². The third-order valence-corrected chi connectivity index (χ3v) is 5.71. The summed E-state index contributed by atoms with van der Waals surface area (Å²) in [6, 6.07) is 27.2. The number of ether oxygens (including phenoxy) is 1. The van der Waals surface area contributed by atoms with E-state index >= 15 is 0 Å². The number of para-hydroxylation sites is 1. The monoisotopic (exact) mass is 387 g/mol. The van der Waals surface area contributed by atoms with Crippen molar-refractivity contribution in [2.24, 2.45) is 0 Å². The van der Waals surface area contributed by atoms with E-state index in [1.54, 1.807) is 0 Å². The van der Waals surface area contributed by atoms with Gasteiger partial charge in [-0.05, 0) is 0 Å². The molecule has 0 aromatic heterocycles. The second-order valence-corrected chi connectivity index (χ2v) is 7.79. The summed E-state index contributed by atoms with van der Waals surface area (Å²) >= 11 is -0.113. The van der Waals surface area contributed by atoms with Crippen molar-refractivity contribution in [3.8, 4) is 11.5 Å². The fraction of sp³-hybridized carbons (Fsp3) is 0.0526. The van der Waals surface area contributed by atoms with E-state index < -0.39 is 0 Å². The van der Waals surface area contributed by atoms with Gasteiger partial charge >= 0.3 is 136 Å². The van der Waals surface area contributed by atoms with Crippen molar-refractivity contribution < 1.29 is 25.9 Å². The molecular weight excluding hydrogens is 371 g/mol. The van der Waals surface area contributed by atoms with Crippen LogP contribution in [-0.2, 0) is 0 Å². The summed E-state index contributed by atoms with van der Waals surface area (Å²) < 4.78 is 8.65. The first-order valence-electron chi connectivity index (χ1n) is 6.84. The van der Waals surface area contributed by atoms with Crippen LogP contribution in [0.3, 0.4) is 0 Å². The normalized spacial score (nSPS) is 10.5. The van der Waals surface area contributed by atoms with Crippen LogP contribution in [-0.4, -0.2) is 0 Å². The van der Waals surface area contributed by atoms with E-state index in [1.807, 2.05) is 30.3 Å². The van der Waals surface area contributed by atoms with E-state index in [1.165, 1.54) is 12.7 Å². The van der Waals surface area contributed by atoms with Crippen LogP contribution >= 0.6 is 0 Å². The Kier molecular flexibility index (Phi) is 4.55. The molecule has 0 heterocycles. The first-order valence-corrected chi connectivity index (χ1v) is 9.00. The zero-order valence-electron chi connectivity index (χ0n) is 11.8. The molecule has 2 heteroatoms. The third-order valence-electron chi connectivity index (χ3n) is 3.02. The van der Waals surface area contributed by atoms with Crippen LogP contribution in [0, 0.1) is 14.1 Å². The summed E-state index contributed by atoms with van der Waals surface area (Å²) in [7, 11) is 0. The van der Waals surface area contributed by atoms with Gasteiger partial charge in [0, 0.05) is 0 Å². The molecule has 0 aliphatic carbocycles. The van der Waals surface area contributed by atoms with Gasteiger partial charge < -0.3 is 0 Å². The van der Waals surface area contributed by atoms with Crippen molar-refractivity contribution in [2.45, 2.75) is 6.92 Å². The summed E-state index contributed by atoms with van der Waals surface area (Å²) in [5, 5.41) is 0. The van der Waals surface area contributed by atoms with Crippen LogP contribution in [0.4, 0.5) is 0 Å². The number of aryl methyl sites for hydroxylation is 1. The molecule has 0 N–H and O–H groups in total. The van der Waals surface area contributed by atoms with Gasteiger partial charge in [0.05, 0.1) is 0 Å². The first-order chi connectivity index (χ1) is 10.3. The third kappa shape index (κ3) is 4.08. The second kappa shape index (κ2) is 6.76. The Morgan fingerprint density at radius 2 is 1.14 bits per heavy atom. The molecule has 106 valence electrons.